The number of nitrogens with one attached hydrogen (secondary N) is 1. The molecule has 17 heavy (non-hydrogen) atoms. The molecule has 0 radical (unpaired) electrons. The van der Waals surface area contributed by atoms with Gasteiger partial charge in [-0.1, -0.05) is 0 Å². The van der Waals surface area contributed by atoms with Crippen LogP contribution in [0.3, 0.4) is 0 Å². The van der Waals surface area contributed by atoms with Crippen molar-refractivity contribution in [2.45, 2.75) is 0 Å². The smallest absolute Gasteiger partial charge is 0.324 e. The zero-order valence-electron chi connectivity index (χ0n) is 8.75. The Morgan fingerprint density at radius 1 is 1.41 bits per heavy atom. The summed E-state index contributed by atoms with van der Waals surface area (Å²) >= 11 is 0. The number of rotatable bonds is 1. The van der Waals surface area contributed by atoms with Gasteiger partial charge in [0.1, 0.15) is 0 Å². The fraction of sp³-hybridized carbons (Fsp3) is 0.111. The molecule has 0 aromatic carbocycles. The van der Waals surface area contributed by atoms with Crippen LogP contribution in [0.25, 0.3) is 0 Å². The average Bonchev–Trinajstić information content (AvgIpc) is 2.49. The molecule has 0 spiro atoms. The van der Waals surface area contributed by atoms with E-state index in [4.69, 9.17) is 11.5 Å². The van der Waals surface area contributed by atoms with Crippen LogP contribution >= 0.6 is 0 Å². The highest BCUT2D eigenvalue weighted by Gasteiger charge is 2.20. The molecule has 0 bridgehead atoms. The quantitative estimate of drug-likeness (QED) is 0.597. The molecule has 88 valence electrons. The summed E-state index contributed by atoms with van der Waals surface area (Å²) in [5, 5.41) is 2.96. The highest BCUT2D eigenvalue weighted by Crippen LogP contribution is 2.24. The number of urea groups is 1. The number of anilines is 2. The lowest BCUT2D eigenvalue weighted by Gasteiger charge is -2.16. The summed E-state index contributed by atoms with van der Waals surface area (Å²) in [4.78, 5) is 31.0. The second-order valence-corrected chi connectivity index (χ2v) is 3.27. The molecule has 5 N–H and O–H groups in total. The van der Waals surface area contributed by atoms with E-state index < -0.39 is 11.9 Å². The molecule has 1 aromatic heterocycles. The summed E-state index contributed by atoms with van der Waals surface area (Å²) in [5.74, 6) is -0.743. The molecular formula is C9H10N6O2. The van der Waals surface area contributed by atoms with Crippen LogP contribution in [-0.4, -0.2) is 28.5 Å². The van der Waals surface area contributed by atoms with Crippen LogP contribution in [0.2, 0.25) is 0 Å². The predicted molar refractivity (Wildman–Crippen MR) is 60.2 cm³/mol. The highest BCUT2D eigenvalue weighted by molar-refractivity contribution is 5.96. The van der Waals surface area contributed by atoms with Crippen LogP contribution < -0.4 is 21.7 Å². The number of amides is 3. The number of hydrogen-bond donors (Lipinski definition) is 3. The van der Waals surface area contributed by atoms with Gasteiger partial charge in [0.15, 0.2) is 5.82 Å². The maximum atomic E-state index is 11.2. The van der Waals surface area contributed by atoms with E-state index in [1.54, 1.807) is 6.08 Å². The molecule has 0 unspecified atom stereocenters. The lowest BCUT2D eigenvalue weighted by molar-refractivity contribution is 0.0990. The van der Waals surface area contributed by atoms with Crippen molar-refractivity contribution in [1.29, 1.82) is 0 Å². The predicted octanol–water partition coefficient (Wildman–Crippen LogP) is -0.600. The van der Waals surface area contributed by atoms with Crippen LogP contribution in [0, 0.1) is 0 Å². The molecule has 0 aliphatic carbocycles. The van der Waals surface area contributed by atoms with Crippen LogP contribution in [0.5, 0.6) is 0 Å². The molecule has 2 heterocycles. The van der Waals surface area contributed by atoms with Gasteiger partial charge in [0, 0.05) is 12.7 Å². The Bertz CT molecular complexity index is 512. The number of carbonyl (C=O) groups is 2. The van der Waals surface area contributed by atoms with Crippen molar-refractivity contribution in [3.8, 4) is 0 Å². The number of fused-ring (bicyclic) bond motifs is 1. The summed E-state index contributed by atoms with van der Waals surface area (Å²) < 4.78 is 0. The molecule has 0 fully saturated rings. The Morgan fingerprint density at radius 3 is 2.82 bits per heavy atom. The van der Waals surface area contributed by atoms with E-state index in [-0.39, 0.29) is 11.6 Å². The van der Waals surface area contributed by atoms with Crippen molar-refractivity contribution in [3.05, 3.63) is 24.3 Å². The number of carbonyl (C=O) groups excluding carboxylic acids is 2. The van der Waals surface area contributed by atoms with Crippen molar-refractivity contribution in [1.82, 2.24) is 9.97 Å². The zero-order valence-corrected chi connectivity index (χ0v) is 8.75. The molecule has 1 aromatic rings. The minimum atomic E-state index is -0.773. The normalized spacial score (nSPS) is 13.5. The van der Waals surface area contributed by atoms with Gasteiger partial charge in [0.2, 0.25) is 5.82 Å². The maximum absolute atomic E-state index is 11.2. The topological polar surface area (TPSA) is 127 Å². The van der Waals surface area contributed by atoms with E-state index in [0.717, 1.165) is 4.90 Å². The van der Waals surface area contributed by atoms with Gasteiger partial charge >= 0.3 is 6.03 Å². The maximum Gasteiger partial charge on any atom is 0.324 e. The van der Waals surface area contributed by atoms with Gasteiger partial charge in [-0.05, 0) is 6.08 Å². The monoisotopic (exact) mass is 234 g/mol. The Hall–Kier alpha value is -2.64. The Kier molecular flexibility index (Phi) is 2.61. The molecule has 1 aliphatic rings. The molecule has 0 saturated carbocycles. The average molecular weight is 234 g/mol. The zero-order chi connectivity index (χ0) is 12.4. The van der Waals surface area contributed by atoms with Crippen molar-refractivity contribution in [3.63, 3.8) is 0 Å². The summed E-state index contributed by atoms with van der Waals surface area (Å²) in [5.41, 5.74) is 10.8. The van der Waals surface area contributed by atoms with Gasteiger partial charge in [-0.3, -0.25) is 9.69 Å². The van der Waals surface area contributed by atoms with Crippen LogP contribution in [0.1, 0.15) is 10.6 Å². The third-order valence-corrected chi connectivity index (χ3v) is 2.12. The third kappa shape index (κ3) is 2.00. The van der Waals surface area contributed by atoms with Gasteiger partial charge < -0.3 is 16.8 Å². The first-order chi connectivity index (χ1) is 8.09. The van der Waals surface area contributed by atoms with Crippen molar-refractivity contribution < 1.29 is 9.59 Å². The molecule has 0 atom stereocenters. The van der Waals surface area contributed by atoms with E-state index >= 15 is 0 Å². The van der Waals surface area contributed by atoms with Crippen molar-refractivity contribution >= 4 is 23.4 Å². The fourth-order valence-corrected chi connectivity index (χ4v) is 1.38. The van der Waals surface area contributed by atoms with Gasteiger partial charge in [0.05, 0.1) is 11.9 Å². The van der Waals surface area contributed by atoms with E-state index in [1.165, 1.54) is 12.4 Å². The molecule has 3 amide bonds. The summed E-state index contributed by atoms with van der Waals surface area (Å²) in [6, 6.07) is -0.708. The number of nitrogens with two attached hydrogens (primary N) is 2. The second-order valence-electron chi connectivity index (χ2n) is 3.27. The largest absolute Gasteiger partial charge is 0.377 e. The van der Waals surface area contributed by atoms with Gasteiger partial charge in [0.25, 0.3) is 5.91 Å². The first-order valence-electron chi connectivity index (χ1n) is 4.75. The van der Waals surface area contributed by atoms with Crippen LogP contribution in [0.15, 0.2) is 18.5 Å². The van der Waals surface area contributed by atoms with Gasteiger partial charge in [-0.2, -0.15) is 0 Å². The number of nitrogens with zero attached hydrogens (tertiary/aromatic N) is 3. The minimum Gasteiger partial charge on any atom is -0.377 e. The Labute approximate surface area is 96.3 Å². The molecule has 2 rings (SSSR count). The molecule has 1 aliphatic heterocycles. The van der Waals surface area contributed by atoms with E-state index in [9.17, 15) is 9.59 Å². The molecule has 8 nitrogen and oxygen atoms in total. The number of aromatic nitrogens is 2. The van der Waals surface area contributed by atoms with Crippen LogP contribution in [-0.2, 0) is 0 Å². The first kappa shape index (κ1) is 10.9. The number of primary amides is 2. The van der Waals surface area contributed by atoms with Crippen molar-refractivity contribution in [2.24, 2.45) is 11.5 Å². The molecular weight excluding hydrogens is 224 g/mol. The van der Waals surface area contributed by atoms with E-state index in [2.05, 4.69) is 15.3 Å². The molecule has 8 heteroatoms. The SMILES string of the molecule is NC(=O)c1ncc2c(n1)N(C(N)=O)C=CCN2. The Morgan fingerprint density at radius 2 is 2.18 bits per heavy atom. The van der Waals surface area contributed by atoms with Crippen LogP contribution in [0.4, 0.5) is 16.3 Å². The Balaban J connectivity index is 2.54. The fourth-order valence-electron chi connectivity index (χ4n) is 1.38. The van der Waals surface area contributed by atoms with Gasteiger partial charge in [-0.15, -0.1) is 0 Å². The summed E-state index contributed by atoms with van der Waals surface area (Å²) in [7, 11) is 0. The number of hydrogen-bond acceptors (Lipinski definition) is 5. The highest BCUT2D eigenvalue weighted by atomic mass is 16.2. The standard InChI is InChI=1S/C9H10N6O2/c10-6(16)7-13-4-5-8(14-7)15(9(11)17)3-1-2-12-5/h1,3-4,12H,2H2,(H2,10,16)(H2,11,17). The minimum absolute atomic E-state index is 0.174. The van der Waals surface area contributed by atoms with E-state index in [1.807, 2.05) is 0 Å². The van der Waals surface area contributed by atoms with Gasteiger partial charge in [-0.25, -0.2) is 14.8 Å². The summed E-state index contributed by atoms with van der Waals surface area (Å²) in [6.45, 7) is 0.496. The first-order valence-corrected chi connectivity index (χ1v) is 4.75. The lowest BCUT2D eigenvalue weighted by atomic mass is 10.4. The third-order valence-electron chi connectivity index (χ3n) is 2.12. The summed E-state index contributed by atoms with van der Waals surface area (Å²) in [6.07, 6.45) is 4.54. The second kappa shape index (κ2) is 4.08. The van der Waals surface area contributed by atoms with Crippen molar-refractivity contribution in [2.75, 3.05) is 16.8 Å². The molecule has 0 saturated heterocycles. The van der Waals surface area contributed by atoms with E-state index in [0.29, 0.717) is 12.2 Å². The lowest BCUT2D eigenvalue weighted by Crippen LogP contribution is -2.32.